The van der Waals surface area contributed by atoms with E-state index in [1.54, 1.807) is 0 Å². The highest BCUT2D eigenvalue weighted by atomic mass is 16.6. The van der Waals surface area contributed by atoms with E-state index in [1.165, 1.54) is 0 Å². The zero-order valence-corrected chi connectivity index (χ0v) is 5.53. The molecule has 5 nitrogen and oxygen atoms in total. The lowest BCUT2D eigenvalue weighted by molar-refractivity contribution is -0.174. The summed E-state index contributed by atoms with van der Waals surface area (Å²) in [6.07, 6.45) is 0. The quantitative estimate of drug-likeness (QED) is 0.332. The standard InChI is InChI=1S/C5H12O5/c6-1-5(2-7,3-8)10-4-9/h6-9H,1-4H2. The number of ether oxygens (including phenoxy) is 1. The molecule has 0 aliphatic carbocycles. The van der Waals surface area contributed by atoms with Gasteiger partial charge in [0.1, 0.15) is 12.4 Å². The Morgan fingerprint density at radius 2 is 1.30 bits per heavy atom. The van der Waals surface area contributed by atoms with E-state index in [2.05, 4.69) is 4.74 Å². The molecular weight excluding hydrogens is 140 g/mol. The molecule has 0 atom stereocenters. The highest BCUT2D eigenvalue weighted by molar-refractivity contribution is 4.77. The van der Waals surface area contributed by atoms with Gasteiger partial charge in [0, 0.05) is 0 Å². The summed E-state index contributed by atoms with van der Waals surface area (Å²) in [6.45, 7) is -2.22. The van der Waals surface area contributed by atoms with Gasteiger partial charge in [-0.15, -0.1) is 0 Å². The summed E-state index contributed by atoms with van der Waals surface area (Å²) in [6, 6.07) is 0. The molecule has 0 aliphatic rings. The third-order valence-electron chi connectivity index (χ3n) is 1.24. The van der Waals surface area contributed by atoms with Gasteiger partial charge in [0.15, 0.2) is 0 Å². The molecule has 62 valence electrons. The number of rotatable bonds is 5. The fraction of sp³-hybridized carbons (Fsp3) is 1.00. The van der Waals surface area contributed by atoms with Gasteiger partial charge in [-0.3, -0.25) is 0 Å². The van der Waals surface area contributed by atoms with Gasteiger partial charge >= 0.3 is 0 Å². The zero-order valence-electron chi connectivity index (χ0n) is 5.53. The minimum atomic E-state index is -1.41. The lowest BCUT2D eigenvalue weighted by Gasteiger charge is -2.25. The molecule has 0 aliphatic heterocycles. The number of hydrogen-bond donors (Lipinski definition) is 4. The first-order chi connectivity index (χ1) is 4.74. The first-order valence-corrected chi connectivity index (χ1v) is 2.82. The maximum Gasteiger partial charge on any atom is 0.144 e. The van der Waals surface area contributed by atoms with Crippen molar-refractivity contribution in [3.63, 3.8) is 0 Å². The summed E-state index contributed by atoms with van der Waals surface area (Å²) in [5.41, 5.74) is -1.41. The van der Waals surface area contributed by atoms with Crippen molar-refractivity contribution in [1.29, 1.82) is 0 Å². The molecule has 0 aromatic heterocycles. The Hall–Kier alpha value is -0.200. The van der Waals surface area contributed by atoms with Gasteiger partial charge in [0.05, 0.1) is 19.8 Å². The summed E-state index contributed by atoms with van der Waals surface area (Å²) < 4.78 is 4.48. The molecule has 0 saturated heterocycles. The Morgan fingerprint density at radius 1 is 0.900 bits per heavy atom. The van der Waals surface area contributed by atoms with Gasteiger partial charge in [0.2, 0.25) is 0 Å². The molecule has 0 spiro atoms. The van der Waals surface area contributed by atoms with Crippen molar-refractivity contribution < 1.29 is 25.2 Å². The molecule has 0 radical (unpaired) electrons. The van der Waals surface area contributed by atoms with Gasteiger partial charge in [-0.2, -0.15) is 0 Å². The van der Waals surface area contributed by atoms with Crippen LogP contribution in [0.15, 0.2) is 0 Å². The zero-order chi connectivity index (χ0) is 8.04. The molecular formula is C5H12O5. The Bertz CT molecular complexity index is 71.8. The molecule has 0 fully saturated rings. The fourth-order valence-corrected chi connectivity index (χ4v) is 0.424. The van der Waals surface area contributed by atoms with Crippen LogP contribution in [0.5, 0.6) is 0 Å². The lowest BCUT2D eigenvalue weighted by Crippen LogP contribution is -2.44. The summed E-state index contributed by atoms with van der Waals surface area (Å²) in [7, 11) is 0. The first kappa shape index (κ1) is 9.80. The van der Waals surface area contributed by atoms with Crippen LogP contribution in [0.2, 0.25) is 0 Å². The third-order valence-corrected chi connectivity index (χ3v) is 1.24. The maximum absolute atomic E-state index is 8.55. The van der Waals surface area contributed by atoms with Crippen LogP contribution in [0.3, 0.4) is 0 Å². The van der Waals surface area contributed by atoms with Crippen LogP contribution >= 0.6 is 0 Å². The number of aliphatic hydroxyl groups excluding tert-OH is 4. The molecule has 0 saturated carbocycles. The molecule has 0 bridgehead atoms. The van der Waals surface area contributed by atoms with Crippen molar-refractivity contribution in [3.05, 3.63) is 0 Å². The van der Waals surface area contributed by atoms with Crippen LogP contribution in [0.1, 0.15) is 0 Å². The van der Waals surface area contributed by atoms with E-state index < -0.39 is 32.2 Å². The van der Waals surface area contributed by atoms with E-state index in [4.69, 9.17) is 20.4 Å². The van der Waals surface area contributed by atoms with Crippen LogP contribution in [0, 0.1) is 0 Å². The van der Waals surface area contributed by atoms with Crippen LogP contribution in [-0.4, -0.2) is 52.6 Å². The molecule has 0 amide bonds. The second-order valence-corrected chi connectivity index (χ2v) is 1.93. The van der Waals surface area contributed by atoms with E-state index in [0.717, 1.165) is 0 Å². The maximum atomic E-state index is 8.55. The first-order valence-electron chi connectivity index (χ1n) is 2.82. The van der Waals surface area contributed by atoms with Crippen LogP contribution in [0.25, 0.3) is 0 Å². The minimum Gasteiger partial charge on any atom is -0.393 e. The van der Waals surface area contributed by atoms with Gasteiger partial charge in [0.25, 0.3) is 0 Å². The summed E-state index contributed by atoms with van der Waals surface area (Å²) in [5.74, 6) is 0. The van der Waals surface area contributed by atoms with Crippen LogP contribution in [-0.2, 0) is 4.74 Å². The highest BCUT2D eigenvalue weighted by Gasteiger charge is 2.28. The minimum absolute atomic E-state index is 0.527. The fourth-order valence-electron chi connectivity index (χ4n) is 0.424. The summed E-state index contributed by atoms with van der Waals surface area (Å²) >= 11 is 0. The van der Waals surface area contributed by atoms with Crippen molar-refractivity contribution in [1.82, 2.24) is 0 Å². The number of hydrogen-bond acceptors (Lipinski definition) is 5. The van der Waals surface area contributed by atoms with Crippen molar-refractivity contribution in [2.75, 3.05) is 26.6 Å². The lowest BCUT2D eigenvalue weighted by atomic mass is 10.1. The Balaban J connectivity index is 3.87. The normalized spacial score (nSPS) is 12.0. The van der Waals surface area contributed by atoms with Crippen molar-refractivity contribution in [3.8, 4) is 0 Å². The Kier molecular flexibility index (Phi) is 4.50. The largest absolute Gasteiger partial charge is 0.393 e. The average molecular weight is 152 g/mol. The van der Waals surface area contributed by atoms with E-state index in [1.807, 2.05) is 0 Å². The molecule has 10 heavy (non-hydrogen) atoms. The van der Waals surface area contributed by atoms with Gasteiger partial charge < -0.3 is 25.2 Å². The van der Waals surface area contributed by atoms with E-state index in [0.29, 0.717) is 0 Å². The highest BCUT2D eigenvalue weighted by Crippen LogP contribution is 2.06. The van der Waals surface area contributed by atoms with Crippen LogP contribution < -0.4 is 0 Å². The second kappa shape index (κ2) is 4.59. The van der Waals surface area contributed by atoms with E-state index in [-0.39, 0.29) is 0 Å². The third kappa shape index (κ3) is 2.20. The molecule has 4 N–H and O–H groups in total. The molecule has 0 aromatic carbocycles. The van der Waals surface area contributed by atoms with Crippen molar-refractivity contribution in [2.24, 2.45) is 0 Å². The molecule has 0 unspecified atom stereocenters. The Morgan fingerprint density at radius 3 is 1.40 bits per heavy atom. The van der Waals surface area contributed by atoms with Gasteiger partial charge in [-0.05, 0) is 0 Å². The smallest absolute Gasteiger partial charge is 0.144 e. The monoisotopic (exact) mass is 152 g/mol. The topological polar surface area (TPSA) is 90.2 Å². The van der Waals surface area contributed by atoms with Crippen LogP contribution in [0.4, 0.5) is 0 Å². The van der Waals surface area contributed by atoms with Gasteiger partial charge in [-0.1, -0.05) is 0 Å². The molecule has 5 heteroatoms. The van der Waals surface area contributed by atoms with E-state index >= 15 is 0 Å². The SMILES string of the molecule is OCOC(CO)(CO)CO. The Labute approximate surface area is 58.5 Å². The van der Waals surface area contributed by atoms with E-state index in [9.17, 15) is 0 Å². The van der Waals surface area contributed by atoms with Crippen molar-refractivity contribution >= 4 is 0 Å². The molecule has 0 heterocycles. The van der Waals surface area contributed by atoms with Gasteiger partial charge in [-0.25, -0.2) is 0 Å². The summed E-state index contributed by atoms with van der Waals surface area (Å²) in [5, 5.41) is 33.9. The average Bonchev–Trinajstić information content (AvgIpc) is 2.01. The predicted octanol–water partition coefficient (Wildman–Crippen LogP) is -2.33. The second-order valence-electron chi connectivity index (χ2n) is 1.93. The predicted molar refractivity (Wildman–Crippen MR) is 32.2 cm³/mol. The summed E-state index contributed by atoms with van der Waals surface area (Å²) in [4.78, 5) is 0. The molecule has 0 rings (SSSR count). The van der Waals surface area contributed by atoms with Crippen molar-refractivity contribution in [2.45, 2.75) is 5.60 Å². The molecule has 0 aromatic rings. The number of aliphatic hydroxyl groups is 4.